The standard InChI is InChI=1S/C4H4Cl2O3S/c1-2-3(4(5)7)10(6,8)9/h2-3H,1H2. The summed E-state index contributed by atoms with van der Waals surface area (Å²) < 4.78 is 20.8. The normalized spacial score (nSPS) is 14.2. The third-order valence-electron chi connectivity index (χ3n) is 0.741. The lowest BCUT2D eigenvalue weighted by molar-refractivity contribution is -0.110. The van der Waals surface area contributed by atoms with E-state index in [0.717, 1.165) is 6.08 Å². The second-order valence-electron chi connectivity index (χ2n) is 1.44. The van der Waals surface area contributed by atoms with E-state index in [-0.39, 0.29) is 0 Å². The highest BCUT2D eigenvalue weighted by molar-refractivity contribution is 8.15. The summed E-state index contributed by atoms with van der Waals surface area (Å²) in [4.78, 5) is 10.3. The molecule has 0 aromatic carbocycles. The first-order valence-corrected chi connectivity index (χ1v) is 4.90. The molecule has 0 aliphatic rings. The molecule has 0 bridgehead atoms. The minimum atomic E-state index is -3.94. The summed E-state index contributed by atoms with van der Waals surface area (Å²) in [5, 5.41) is -2.55. The molecule has 6 heteroatoms. The van der Waals surface area contributed by atoms with Crippen LogP contribution in [0.5, 0.6) is 0 Å². The van der Waals surface area contributed by atoms with Crippen molar-refractivity contribution in [1.29, 1.82) is 0 Å². The molecule has 0 heterocycles. The van der Waals surface area contributed by atoms with Crippen LogP contribution in [0.15, 0.2) is 12.7 Å². The molecular formula is C4H4Cl2O3S. The summed E-state index contributed by atoms with van der Waals surface area (Å²) in [5.74, 6) is 0. The van der Waals surface area contributed by atoms with Crippen molar-refractivity contribution in [3.05, 3.63) is 12.7 Å². The Balaban J connectivity index is 4.72. The minimum Gasteiger partial charge on any atom is -0.279 e. The number of carbonyl (C=O) groups is 1. The Labute approximate surface area is 68.0 Å². The highest BCUT2D eigenvalue weighted by Gasteiger charge is 2.25. The molecule has 0 N–H and O–H groups in total. The first kappa shape index (κ1) is 9.94. The predicted molar refractivity (Wildman–Crippen MR) is 39.6 cm³/mol. The quantitative estimate of drug-likeness (QED) is 0.505. The maximum absolute atomic E-state index is 10.4. The average molecular weight is 203 g/mol. The van der Waals surface area contributed by atoms with Crippen LogP contribution in [0.25, 0.3) is 0 Å². The van der Waals surface area contributed by atoms with E-state index in [1.54, 1.807) is 0 Å². The Morgan fingerprint density at radius 1 is 1.60 bits per heavy atom. The lowest BCUT2D eigenvalue weighted by Gasteiger charge is -1.99. The smallest absolute Gasteiger partial charge is 0.247 e. The van der Waals surface area contributed by atoms with Crippen LogP contribution < -0.4 is 0 Å². The Morgan fingerprint density at radius 2 is 2.00 bits per heavy atom. The van der Waals surface area contributed by atoms with Gasteiger partial charge in [-0.2, -0.15) is 0 Å². The number of carbonyl (C=O) groups excluding carboxylic acids is 1. The molecule has 0 rings (SSSR count). The summed E-state index contributed by atoms with van der Waals surface area (Å²) >= 11 is 4.85. The summed E-state index contributed by atoms with van der Waals surface area (Å²) in [6, 6.07) is 0. The maximum Gasteiger partial charge on any atom is 0.247 e. The number of hydrogen-bond acceptors (Lipinski definition) is 3. The zero-order valence-electron chi connectivity index (χ0n) is 4.75. The molecule has 0 aliphatic heterocycles. The molecule has 0 saturated carbocycles. The Hall–Kier alpha value is -0.0600. The summed E-state index contributed by atoms with van der Waals surface area (Å²) in [6.45, 7) is 3.08. The number of hydrogen-bond donors (Lipinski definition) is 0. The third-order valence-corrected chi connectivity index (χ3v) is 2.69. The molecule has 0 radical (unpaired) electrons. The van der Waals surface area contributed by atoms with Crippen LogP contribution in [0, 0.1) is 0 Å². The lowest BCUT2D eigenvalue weighted by Crippen LogP contribution is -2.19. The topological polar surface area (TPSA) is 51.2 Å². The highest BCUT2D eigenvalue weighted by atomic mass is 35.7. The summed E-state index contributed by atoms with van der Waals surface area (Å²) in [5.41, 5.74) is 0. The highest BCUT2D eigenvalue weighted by Crippen LogP contribution is 2.10. The Morgan fingerprint density at radius 3 is 2.00 bits per heavy atom. The van der Waals surface area contributed by atoms with E-state index >= 15 is 0 Å². The van der Waals surface area contributed by atoms with Crippen molar-refractivity contribution in [3.63, 3.8) is 0 Å². The van der Waals surface area contributed by atoms with Crippen molar-refractivity contribution in [2.24, 2.45) is 0 Å². The van der Waals surface area contributed by atoms with Gasteiger partial charge in [-0.15, -0.1) is 6.58 Å². The third kappa shape index (κ3) is 2.68. The average Bonchev–Trinajstić information content (AvgIpc) is 1.60. The molecule has 0 aromatic rings. The van der Waals surface area contributed by atoms with Gasteiger partial charge in [-0.25, -0.2) is 8.42 Å². The van der Waals surface area contributed by atoms with Crippen LogP contribution >= 0.6 is 22.3 Å². The van der Waals surface area contributed by atoms with Gasteiger partial charge in [0.2, 0.25) is 14.3 Å². The van der Waals surface area contributed by atoms with Crippen LogP contribution in [0.1, 0.15) is 0 Å². The molecule has 0 aromatic heterocycles. The molecule has 10 heavy (non-hydrogen) atoms. The van der Waals surface area contributed by atoms with Gasteiger partial charge in [0, 0.05) is 10.7 Å². The first-order chi connectivity index (χ1) is 4.39. The van der Waals surface area contributed by atoms with Gasteiger partial charge in [0.15, 0.2) is 5.25 Å². The second kappa shape index (κ2) is 3.37. The zero-order valence-corrected chi connectivity index (χ0v) is 7.08. The van der Waals surface area contributed by atoms with Crippen molar-refractivity contribution in [2.75, 3.05) is 0 Å². The lowest BCUT2D eigenvalue weighted by atomic mass is 10.5. The van der Waals surface area contributed by atoms with Crippen LogP contribution in [-0.4, -0.2) is 18.9 Å². The molecule has 0 fully saturated rings. The fourth-order valence-corrected chi connectivity index (χ4v) is 1.81. The number of rotatable bonds is 3. The van der Waals surface area contributed by atoms with Crippen molar-refractivity contribution >= 4 is 36.6 Å². The van der Waals surface area contributed by atoms with E-state index in [2.05, 4.69) is 6.58 Å². The zero-order chi connectivity index (χ0) is 8.36. The van der Waals surface area contributed by atoms with Gasteiger partial charge >= 0.3 is 0 Å². The van der Waals surface area contributed by atoms with Gasteiger partial charge in [-0.3, -0.25) is 4.79 Å². The molecule has 58 valence electrons. The van der Waals surface area contributed by atoms with Gasteiger partial charge < -0.3 is 0 Å². The molecular weight excluding hydrogens is 199 g/mol. The van der Waals surface area contributed by atoms with E-state index in [0.29, 0.717) is 0 Å². The Bertz CT molecular complexity index is 243. The predicted octanol–water partition coefficient (Wildman–Crippen LogP) is 0.875. The summed E-state index contributed by atoms with van der Waals surface area (Å²) in [6.07, 6.45) is 0.873. The molecule has 0 aliphatic carbocycles. The van der Waals surface area contributed by atoms with Crippen LogP contribution in [-0.2, 0) is 13.8 Å². The van der Waals surface area contributed by atoms with Crippen LogP contribution in [0.4, 0.5) is 0 Å². The van der Waals surface area contributed by atoms with Crippen LogP contribution in [0.2, 0.25) is 0 Å². The van der Waals surface area contributed by atoms with E-state index < -0.39 is 19.5 Å². The fourth-order valence-electron chi connectivity index (χ4n) is 0.318. The molecule has 3 nitrogen and oxygen atoms in total. The molecule has 0 saturated heterocycles. The van der Waals surface area contributed by atoms with Gasteiger partial charge in [-0.05, 0) is 11.6 Å². The van der Waals surface area contributed by atoms with Gasteiger partial charge in [0.05, 0.1) is 0 Å². The Kier molecular flexibility index (Phi) is 3.35. The van der Waals surface area contributed by atoms with Crippen molar-refractivity contribution < 1.29 is 13.2 Å². The van der Waals surface area contributed by atoms with Crippen molar-refractivity contribution in [1.82, 2.24) is 0 Å². The van der Waals surface area contributed by atoms with Crippen LogP contribution in [0.3, 0.4) is 0 Å². The van der Waals surface area contributed by atoms with E-state index in [9.17, 15) is 13.2 Å². The molecule has 0 spiro atoms. The van der Waals surface area contributed by atoms with E-state index in [1.165, 1.54) is 0 Å². The molecule has 0 amide bonds. The maximum atomic E-state index is 10.4. The van der Waals surface area contributed by atoms with Gasteiger partial charge in [-0.1, -0.05) is 6.08 Å². The van der Waals surface area contributed by atoms with E-state index in [1.807, 2.05) is 0 Å². The molecule has 1 atom stereocenters. The van der Waals surface area contributed by atoms with Crippen molar-refractivity contribution in [3.8, 4) is 0 Å². The first-order valence-electron chi connectivity index (χ1n) is 2.15. The summed E-state index contributed by atoms with van der Waals surface area (Å²) in [7, 11) is 0.848. The monoisotopic (exact) mass is 202 g/mol. The van der Waals surface area contributed by atoms with E-state index in [4.69, 9.17) is 22.3 Å². The minimum absolute atomic E-state index is 0.873. The van der Waals surface area contributed by atoms with Crippen molar-refractivity contribution in [2.45, 2.75) is 5.25 Å². The van der Waals surface area contributed by atoms with Gasteiger partial charge in [0.1, 0.15) is 0 Å². The fraction of sp³-hybridized carbons (Fsp3) is 0.250. The number of halogens is 2. The largest absolute Gasteiger partial charge is 0.279 e. The molecule has 1 unspecified atom stereocenters. The SMILES string of the molecule is C=CC(C(=O)Cl)S(=O)(=O)Cl. The van der Waals surface area contributed by atoms with Gasteiger partial charge in [0.25, 0.3) is 0 Å². The second-order valence-corrected chi connectivity index (χ2v) is 4.56.